The largest absolute Gasteiger partial charge is 0.368 e. The lowest BCUT2D eigenvalue weighted by Crippen LogP contribution is -2.69. The van der Waals surface area contributed by atoms with E-state index in [2.05, 4.69) is 15.5 Å². The second-order valence-corrected chi connectivity index (χ2v) is 7.95. The molecule has 8 nitrogen and oxygen atoms in total. The lowest BCUT2D eigenvalue weighted by atomic mass is 9.88. The topological polar surface area (TPSA) is 108 Å². The smallest absolute Gasteiger partial charge is 0.250 e. The number of rotatable bonds is 4. The van der Waals surface area contributed by atoms with Crippen LogP contribution in [0.4, 0.5) is 0 Å². The van der Waals surface area contributed by atoms with Crippen LogP contribution in [0.5, 0.6) is 0 Å². The van der Waals surface area contributed by atoms with Crippen LogP contribution in [0, 0.1) is 0 Å². The molecule has 4 atom stereocenters. The zero-order valence-corrected chi connectivity index (χ0v) is 15.9. The summed E-state index contributed by atoms with van der Waals surface area (Å²) in [6.45, 7) is 6.63. The van der Waals surface area contributed by atoms with E-state index in [1.807, 2.05) is 14.0 Å². The fourth-order valence-electron chi connectivity index (χ4n) is 3.96. The third-order valence-electron chi connectivity index (χ3n) is 5.71. The van der Waals surface area contributed by atoms with E-state index in [-0.39, 0.29) is 11.8 Å². The molecule has 0 aromatic rings. The molecule has 0 aromatic heterocycles. The Balaban J connectivity index is 2.39. The van der Waals surface area contributed by atoms with Crippen molar-refractivity contribution in [2.45, 2.75) is 63.2 Å². The first-order valence-electron chi connectivity index (χ1n) is 8.85. The number of fused-ring (bicyclic) bond motifs is 1. The maximum atomic E-state index is 13.5. The van der Waals surface area contributed by atoms with Crippen LogP contribution in [-0.4, -0.2) is 77.9 Å². The number of amides is 3. The highest BCUT2D eigenvalue weighted by molar-refractivity contribution is 5.96. The van der Waals surface area contributed by atoms with E-state index in [9.17, 15) is 14.4 Å². The van der Waals surface area contributed by atoms with Gasteiger partial charge in [-0.3, -0.25) is 14.4 Å². The molecule has 142 valence electrons. The first-order valence-corrected chi connectivity index (χ1v) is 8.85. The van der Waals surface area contributed by atoms with Crippen molar-refractivity contribution in [1.29, 1.82) is 0 Å². The van der Waals surface area contributed by atoms with Crippen molar-refractivity contribution in [3.8, 4) is 0 Å². The summed E-state index contributed by atoms with van der Waals surface area (Å²) in [5, 5.41) is 5.78. The van der Waals surface area contributed by atoms with Crippen molar-refractivity contribution < 1.29 is 14.4 Å². The van der Waals surface area contributed by atoms with Crippen LogP contribution < -0.4 is 16.4 Å². The van der Waals surface area contributed by atoms with Gasteiger partial charge < -0.3 is 26.2 Å². The van der Waals surface area contributed by atoms with E-state index >= 15 is 0 Å². The number of nitrogens with one attached hydrogen (secondary N) is 2. The van der Waals surface area contributed by atoms with Crippen LogP contribution >= 0.6 is 0 Å². The minimum atomic E-state index is -1.11. The molecule has 0 aromatic carbocycles. The Labute approximate surface area is 149 Å². The summed E-state index contributed by atoms with van der Waals surface area (Å²) in [5.41, 5.74) is 4.02. The molecule has 8 heteroatoms. The van der Waals surface area contributed by atoms with E-state index in [1.54, 1.807) is 25.8 Å². The summed E-state index contributed by atoms with van der Waals surface area (Å²) in [6.07, 6.45) is 2.07. The number of likely N-dealkylation sites (N-methyl/N-ethyl adjacent to an activating group) is 2. The molecule has 25 heavy (non-hydrogen) atoms. The second-order valence-electron chi connectivity index (χ2n) is 7.95. The van der Waals surface area contributed by atoms with Crippen LogP contribution in [-0.2, 0) is 14.4 Å². The summed E-state index contributed by atoms with van der Waals surface area (Å²) in [6, 6.07) is -1.03. The highest BCUT2D eigenvalue weighted by Gasteiger charge is 2.54. The third-order valence-corrected chi connectivity index (χ3v) is 5.71. The molecule has 2 rings (SSSR count). The maximum Gasteiger partial charge on any atom is 0.250 e. The number of hydrogen-bond donors (Lipinski definition) is 3. The zero-order chi connectivity index (χ0) is 19.0. The van der Waals surface area contributed by atoms with Crippen LogP contribution in [0.3, 0.4) is 0 Å². The fourth-order valence-corrected chi connectivity index (χ4v) is 3.96. The monoisotopic (exact) mass is 353 g/mol. The van der Waals surface area contributed by atoms with Gasteiger partial charge in [0.1, 0.15) is 11.6 Å². The molecular weight excluding hydrogens is 322 g/mol. The highest BCUT2D eigenvalue weighted by atomic mass is 16.2. The van der Waals surface area contributed by atoms with Crippen molar-refractivity contribution >= 4 is 17.7 Å². The molecule has 0 bridgehead atoms. The molecular formula is C17H31N5O3. The number of nitrogens with two attached hydrogens (primary N) is 1. The summed E-state index contributed by atoms with van der Waals surface area (Å²) in [4.78, 5) is 41.5. The van der Waals surface area contributed by atoms with Gasteiger partial charge in [-0.25, -0.2) is 0 Å². The first-order chi connectivity index (χ1) is 11.5. The fraction of sp³-hybridized carbons (Fsp3) is 0.824. The van der Waals surface area contributed by atoms with Gasteiger partial charge in [-0.2, -0.15) is 0 Å². The summed E-state index contributed by atoms with van der Waals surface area (Å²) >= 11 is 0. The molecule has 0 spiro atoms. The Kier molecular flexibility index (Phi) is 5.44. The quantitative estimate of drug-likeness (QED) is 0.603. The lowest BCUT2D eigenvalue weighted by Gasteiger charge is -2.47. The van der Waals surface area contributed by atoms with E-state index in [1.165, 1.54) is 0 Å². The second kappa shape index (κ2) is 6.92. The van der Waals surface area contributed by atoms with Crippen molar-refractivity contribution in [2.24, 2.45) is 5.73 Å². The Morgan fingerprint density at radius 1 is 1.32 bits per heavy atom. The van der Waals surface area contributed by atoms with Crippen LogP contribution in [0.15, 0.2) is 0 Å². The lowest BCUT2D eigenvalue weighted by molar-refractivity contribution is -0.152. The molecule has 2 saturated heterocycles. The molecule has 0 unspecified atom stereocenters. The molecule has 0 radical (unpaired) electrons. The molecule has 0 saturated carbocycles. The van der Waals surface area contributed by atoms with Gasteiger partial charge in [0.05, 0.1) is 6.04 Å². The minimum Gasteiger partial charge on any atom is -0.368 e. The SMILES string of the molecule is CN[C@@H](C)C(=O)N[C@@]1(C)CN(C)CC[C@@]2(C)CC[C@@H](C(N)=O)N2C1=O. The third kappa shape index (κ3) is 3.64. The van der Waals surface area contributed by atoms with Gasteiger partial charge in [0.25, 0.3) is 5.91 Å². The molecule has 2 heterocycles. The van der Waals surface area contributed by atoms with E-state index in [4.69, 9.17) is 5.73 Å². The number of carbonyl (C=O) groups is 3. The standard InChI is InChI=1S/C17H31N5O3/c1-11(19-4)14(24)20-17(3)10-21(5)9-8-16(2)7-6-12(13(18)23)22(16)15(17)25/h11-12,19H,6-10H2,1-5H3,(H2,18,23)(H,20,24)/t11-,12-,16+,17-/m0/s1. The van der Waals surface area contributed by atoms with Gasteiger partial charge in [-0.05, 0) is 54.1 Å². The number of primary amides is 1. The predicted octanol–water partition coefficient (Wildman–Crippen LogP) is -0.960. The van der Waals surface area contributed by atoms with Crippen LogP contribution in [0.1, 0.15) is 40.0 Å². The minimum absolute atomic E-state index is 0.237. The van der Waals surface area contributed by atoms with Gasteiger partial charge >= 0.3 is 0 Å². The van der Waals surface area contributed by atoms with Gasteiger partial charge in [0.2, 0.25) is 11.8 Å². The molecule has 4 N–H and O–H groups in total. The number of hydrogen-bond acceptors (Lipinski definition) is 5. The normalized spacial score (nSPS) is 34.8. The van der Waals surface area contributed by atoms with Crippen molar-refractivity contribution in [2.75, 3.05) is 27.2 Å². The highest BCUT2D eigenvalue weighted by Crippen LogP contribution is 2.39. The van der Waals surface area contributed by atoms with E-state index < -0.39 is 29.1 Å². The van der Waals surface area contributed by atoms with Crippen molar-refractivity contribution in [3.63, 3.8) is 0 Å². The van der Waals surface area contributed by atoms with Gasteiger partial charge in [-0.15, -0.1) is 0 Å². The first kappa shape index (κ1) is 19.7. The van der Waals surface area contributed by atoms with E-state index in [0.29, 0.717) is 13.0 Å². The molecule has 2 aliphatic rings. The Morgan fingerprint density at radius 3 is 2.52 bits per heavy atom. The molecule has 2 fully saturated rings. The summed E-state index contributed by atoms with van der Waals surface area (Å²) < 4.78 is 0. The zero-order valence-electron chi connectivity index (χ0n) is 15.9. The van der Waals surface area contributed by atoms with Crippen LogP contribution in [0.25, 0.3) is 0 Å². The maximum absolute atomic E-state index is 13.5. The summed E-state index contributed by atoms with van der Waals surface area (Å²) in [7, 11) is 3.64. The van der Waals surface area contributed by atoms with Crippen LogP contribution in [0.2, 0.25) is 0 Å². The van der Waals surface area contributed by atoms with Gasteiger partial charge in [0.15, 0.2) is 0 Å². The Hall–Kier alpha value is -1.67. The van der Waals surface area contributed by atoms with Crippen molar-refractivity contribution in [1.82, 2.24) is 20.4 Å². The van der Waals surface area contributed by atoms with Crippen molar-refractivity contribution in [3.05, 3.63) is 0 Å². The predicted molar refractivity (Wildman–Crippen MR) is 94.7 cm³/mol. The Morgan fingerprint density at radius 2 is 1.96 bits per heavy atom. The molecule has 2 aliphatic heterocycles. The molecule has 0 aliphatic carbocycles. The average molecular weight is 353 g/mol. The Bertz CT molecular complexity index is 568. The number of carbonyl (C=O) groups excluding carboxylic acids is 3. The van der Waals surface area contributed by atoms with E-state index in [0.717, 1.165) is 19.4 Å². The number of nitrogens with zero attached hydrogens (tertiary/aromatic N) is 2. The van der Waals surface area contributed by atoms with Gasteiger partial charge in [0, 0.05) is 18.6 Å². The average Bonchev–Trinajstić information content (AvgIpc) is 2.88. The summed E-state index contributed by atoms with van der Waals surface area (Å²) in [5.74, 6) is -0.966. The molecule has 3 amide bonds. The van der Waals surface area contributed by atoms with Gasteiger partial charge in [-0.1, -0.05) is 0 Å².